The Morgan fingerprint density at radius 2 is 2.07 bits per heavy atom. The van der Waals surface area contributed by atoms with Crippen LogP contribution in [0.4, 0.5) is 21.5 Å². The van der Waals surface area contributed by atoms with Crippen LogP contribution in [-0.2, 0) is 16.0 Å². The van der Waals surface area contributed by atoms with Crippen molar-refractivity contribution in [2.24, 2.45) is 5.92 Å². The smallest absolute Gasteiger partial charge is 0.306 e. The van der Waals surface area contributed by atoms with E-state index in [0.717, 1.165) is 42.0 Å². The van der Waals surface area contributed by atoms with E-state index in [-0.39, 0.29) is 30.5 Å². The second-order valence-corrected chi connectivity index (χ2v) is 7.39. The zero-order valence-corrected chi connectivity index (χ0v) is 16.3. The van der Waals surface area contributed by atoms with E-state index in [2.05, 4.69) is 0 Å². The number of carbonyl (C=O) groups excluding carboxylic acids is 2. The highest BCUT2D eigenvalue weighted by molar-refractivity contribution is 6.05. The number of anilines is 2. The summed E-state index contributed by atoms with van der Waals surface area (Å²) in [5.41, 5.74) is 1.35. The average Bonchev–Trinajstić information content (AvgIpc) is 3.14. The van der Waals surface area contributed by atoms with Crippen molar-refractivity contribution in [3.05, 3.63) is 57.9 Å². The minimum Gasteiger partial charge on any atom is -0.497 e. The Balaban J connectivity index is 1.56. The molecule has 0 aromatic heterocycles. The number of ether oxygens (including phenoxy) is 1. The van der Waals surface area contributed by atoms with Gasteiger partial charge in [-0.2, -0.15) is 4.39 Å². The summed E-state index contributed by atoms with van der Waals surface area (Å²) in [6.45, 7) is 0.660. The third kappa shape index (κ3) is 3.47. The number of fused-ring (bicyclic) bond motifs is 1. The third-order valence-corrected chi connectivity index (χ3v) is 5.58. The number of nitro benzene ring substituents is 1. The molecular weight excluding hydrogens is 393 g/mol. The monoisotopic (exact) mass is 413 g/mol. The molecule has 2 aromatic rings. The van der Waals surface area contributed by atoms with Gasteiger partial charge < -0.3 is 14.5 Å². The second-order valence-electron chi connectivity index (χ2n) is 7.39. The number of aryl methyl sites for hydroxylation is 1. The Kier molecular flexibility index (Phi) is 5.11. The first-order valence-corrected chi connectivity index (χ1v) is 9.61. The van der Waals surface area contributed by atoms with Gasteiger partial charge in [0.05, 0.1) is 23.6 Å². The summed E-state index contributed by atoms with van der Waals surface area (Å²) in [4.78, 5) is 38.9. The van der Waals surface area contributed by atoms with Crippen LogP contribution in [0.5, 0.6) is 5.75 Å². The van der Waals surface area contributed by atoms with Crippen molar-refractivity contribution < 1.29 is 23.6 Å². The van der Waals surface area contributed by atoms with Crippen molar-refractivity contribution in [1.29, 1.82) is 0 Å². The maximum absolute atomic E-state index is 13.6. The Labute approximate surface area is 172 Å². The molecule has 2 aliphatic rings. The van der Waals surface area contributed by atoms with E-state index in [1.807, 2.05) is 12.1 Å². The van der Waals surface area contributed by atoms with Crippen molar-refractivity contribution in [1.82, 2.24) is 0 Å². The lowest BCUT2D eigenvalue weighted by Crippen LogP contribution is -2.40. The highest BCUT2D eigenvalue weighted by Crippen LogP contribution is 2.34. The molecule has 2 amide bonds. The SMILES string of the molecule is COc1ccc2c(c1)CCCN2C(=O)C1CC(=O)N(c2ccc(F)c([N+](=O)[O-])c2)C1. The van der Waals surface area contributed by atoms with Gasteiger partial charge in [0.15, 0.2) is 0 Å². The molecule has 9 heteroatoms. The van der Waals surface area contributed by atoms with Gasteiger partial charge in [-0.15, -0.1) is 0 Å². The maximum atomic E-state index is 13.6. The minimum atomic E-state index is -0.969. The Morgan fingerprint density at radius 3 is 2.80 bits per heavy atom. The Morgan fingerprint density at radius 1 is 1.27 bits per heavy atom. The summed E-state index contributed by atoms with van der Waals surface area (Å²) >= 11 is 0. The molecule has 1 atom stereocenters. The van der Waals surface area contributed by atoms with Crippen molar-refractivity contribution in [2.75, 3.05) is 30.0 Å². The summed E-state index contributed by atoms with van der Waals surface area (Å²) in [6, 6.07) is 8.87. The lowest BCUT2D eigenvalue weighted by molar-refractivity contribution is -0.387. The van der Waals surface area contributed by atoms with E-state index in [1.54, 1.807) is 18.1 Å². The van der Waals surface area contributed by atoms with Gasteiger partial charge in [-0.05, 0) is 48.7 Å². The van der Waals surface area contributed by atoms with E-state index in [9.17, 15) is 24.1 Å². The molecule has 156 valence electrons. The molecule has 0 bridgehead atoms. The summed E-state index contributed by atoms with van der Waals surface area (Å²) in [6.07, 6.45) is 1.65. The molecular formula is C21H20FN3O5. The fourth-order valence-corrected chi connectivity index (χ4v) is 4.08. The number of rotatable bonds is 4. The van der Waals surface area contributed by atoms with Crippen LogP contribution in [0.3, 0.4) is 0 Å². The number of nitrogens with zero attached hydrogens (tertiary/aromatic N) is 3. The number of methoxy groups -OCH3 is 1. The fraction of sp³-hybridized carbons (Fsp3) is 0.333. The number of benzene rings is 2. The molecule has 2 aliphatic heterocycles. The zero-order valence-electron chi connectivity index (χ0n) is 16.3. The van der Waals surface area contributed by atoms with E-state index in [0.29, 0.717) is 6.54 Å². The van der Waals surface area contributed by atoms with Crippen LogP contribution >= 0.6 is 0 Å². The molecule has 4 rings (SSSR count). The molecule has 0 radical (unpaired) electrons. The molecule has 0 saturated carbocycles. The van der Waals surface area contributed by atoms with Crippen LogP contribution in [0.25, 0.3) is 0 Å². The van der Waals surface area contributed by atoms with Gasteiger partial charge in [0.1, 0.15) is 5.75 Å². The van der Waals surface area contributed by atoms with E-state index in [1.165, 1.54) is 11.0 Å². The first-order chi connectivity index (χ1) is 14.4. The number of halogens is 1. The average molecular weight is 413 g/mol. The summed E-state index contributed by atoms with van der Waals surface area (Å²) in [5, 5.41) is 11.0. The van der Waals surface area contributed by atoms with Crippen LogP contribution in [-0.4, -0.2) is 36.9 Å². The van der Waals surface area contributed by atoms with Gasteiger partial charge in [-0.1, -0.05) is 0 Å². The van der Waals surface area contributed by atoms with Crippen LogP contribution in [0.2, 0.25) is 0 Å². The van der Waals surface area contributed by atoms with Crippen molar-refractivity contribution in [3.8, 4) is 5.75 Å². The molecule has 8 nitrogen and oxygen atoms in total. The highest BCUT2D eigenvalue weighted by Gasteiger charge is 2.39. The Hall–Kier alpha value is -3.49. The topological polar surface area (TPSA) is 93.0 Å². The molecule has 0 spiro atoms. The Bertz CT molecular complexity index is 1040. The second kappa shape index (κ2) is 7.74. The minimum absolute atomic E-state index is 0.00595. The van der Waals surface area contributed by atoms with Gasteiger partial charge >= 0.3 is 5.69 Å². The van der Waals surface area contributed by atoms with Crippen LogP contribution in [0.1, 0.15) is 18.4 Å². The van der Waals surface area contributed by atoms with Gasteiger partial charge in [-0.25, -0.2) is 0 Å². The van der Waals surface area contributed by atoms with Gasteiger partial charge in [0.2, 0.25) is 17.6 Å². The molecule has 30 heavy (non-hydrogen) atoms. The van der Waals surface area contributed by atoms with Crippen LogP contribution < -0.4 is 14.5 Å². The molecule has 1 saturated heterocycles. The van der Waals surface area contributed by atoms with Gasteiger partial charge in [0, 0.05) is 31.3 Å². The number of hydrogen-bond acceptors (Lipinski definition) is 5. The molecule has 0 aliphatic carbocycles. The molecule has 2 heterocycles. The highest BCUT2D eigenvalue weighted by atomic mass is 19.1. The predicted molar refractivity (Wildman–Crippen MR) is 107 cm³/mol. The van der Waals surface area contributed by atoms with Crippen molar-refractivity contribution >= 4 is 28.9 Å². The normalized spacial score (nSPS) is 18.3. The first kappa shape index (κ1) is 19.8. The number of nitro groups is 1. The van der Waals surface area contributed by atoms with Gasteiger partial charge in [-0.3, -0.25) is 19.7 Å². The van der Waals surface area contributed by atoms with Crippen LogP contribution in [0.15, 0.2) is 36.4 Å². The van der Waals surface area contributed by atoms with E-state index >= 15 is 0 Å². The number of carbonyl (C=O) groups is 2. The quantitative estimate of drug-likeness (QED) is 0.567. The lowest BCUT2D eigenvalue weighted by Gasteiger charge is -2.31. The maximum Gasteiger partial charge on any atom is 0.306 e. The molecule has 0 N–H and O–H groups in total. The molecule has 1 fully saturated rings. The summed E-state index contributed by atoms with van der Waals surface area (Å²) < 4.78 is 18.9. The summed E-state index contributed by atoms with van der Waals surface area (Å²) in [7, 11) is 1.59. The fourth-order valence-electron chi connectivity index (χ4n) is 4.08. The standard InChI is InChI=1S/C21H20FN3O5/c1-30-16-5-7-18-13(9-16)3-2-8-23(18)21(27)14-10-20(26)24(12-14)15-4-6-17(22)19(11-15)25(28)29/h4-7,9,11,14H,2-3,8,10,12H2,1H3. The van der Waals surface area contributed by atoms with Crippen LogP contribution in [0, 0.1) is 21.8 Å². The predicted octanol–water partition coefficient (Wildman–Crippen LogP) is 3.07. The first-order valence-electron chi connectivity index (χ1n) is 9.61. The molecule has 1 unspecified atom stereocenters. The van der Waals surface area contributed by atoms with Crippen molar-refractivity contribution in [2.45, 2.75) is 19.3 Å². The number of hydrogen-bond donors (Lipinski definition) is 0. The summed E-state index contributed by atoms with van der Waals surface area (Å²) in [5.74, 6) is -1.30. The third-order valence-electron chi connectivity index (χ3n) is 5.58. The largest absolute Gasteiger partial charge is 0.497 e. The van der Waals surface area contributed by atoms with E-state index in [4.69, 9.17) is 4.74 Å². The van der Waals surface area contributed by atoms with Crippen molar-refractivity contribution in [3.63, 3.8) is 0 Å². The zero-order chi connectivity index (χ0) is 21.4. The number of amides is 2. The lowest BCUT2D eigenvalue weighted by atomic mass is 9.98. The molecule has 2 aromatic carbocycles. The van der Waals surface area contributed by atoms with Gasteiger partial charge in [0.25, 0.3) is 0 Å². The van der Waals surface area contributed by atoms with E-state index < -0.39 is 22.3 Å².